The minimum absolute atomic E-state index is 0. The fraction of sp³-hybridized carbons (Fsp3) is 0.158. The number of nitrogens with zero attached hydrogens (tertiary/aromatic N) is 4. The van der Waals surface area contributed by atoms with E-state index in [-0.39, 0.29) is 31.5 Å². The van der Waals surface area contributed by atoms with E-state index in [2.05, 4.69) is 232 Å². The van der Waals surface area contributed by atoms with Crippen molar-refractivity contribution in [3.05, 3.63) is 194 Å². The van der Waals surface area contributed by atoms with Crippen LogP contribution in [-0.4, -0.2) is 22.2 Å². The third kappa shape index (κ3) is 6.53. The minimum Gasteiger partial charge on any atom is -0.510 e. The number of hydrogen-bond donors (Lipinski definition) is 0. The van der Waals surface area contributed by atoms with E-state index in [1.807, 2.05) is 12.3 Å². The molecule has 10 aromatic rings. The van der Waals surface area contributed by atoms with Crippen LogP contribution in [0.3, 0.4) is 0 Å². The van der Waals surface area contributed by atoms with Crippen LogP contribution < -0.4 is 14.5 Å². The molecule has 0 amide bonds. The molecule has 1 aliphatic rings. The number of para-hydroxylation sites is 3. The molecule has 11 rings (SSSR count). The van der Waals surface area contributed by atoms with Gasteiger partial charge in [-0.05, 0) is 73.1 Å². The van der Waals surface area contributed by atoms with Crippen LogP contribution in [0.25, 0.3) is 72.3 Å². The quantitative estimate of drug-likeness (QED) is 0.0945. The largest absolute Gasteiger partial charge is 0.510 e. The Balaban J connectivity index is 0.00000484. The van der Waals surface area contributed by atoms with Gasteiger partial charge in [-0.15, -0.1) is 34.8 Å². The summed E-state index contributed by atoms with van der Waals surface area (Å²) in [6.07, 6.45) is 5.87. The molecule has 318 valence electrons. The van der Waals surface area contributed by atoms with Crippen LogP contribution in [0.4, 0.5) is 0 Å². The van der Waals surface area contributed by atoms with E-state index < -0.39 is 8.07 Å². The summed E-state index contributed by atoms with van der Waals surface area (Å²) in [5, 5.41) is 3.41. The fourth-order valence-corrected chi connectivity index (χ4v) is 12.5. The summed E-state index contributed by atoms with van der Waals surface area (Å²) < 4.78 is 13.6. The first kappa shape index (κ1) is 41.7. The number of pyridine rings is 1. The van der Waals surface area contributed by atoms with Crippen molar-refractivity contribution in [2.75, 3.05) is 0 Å². The van der Waals surface area contributed by atoms with Gasteiger partial charge in [-0.2, -0.15) is 12.1 Å². The van der Waals surface area contributed by atoms with E-state index >= 15 is 0 Å². The molecule has 7 aromatic carbocycles. The van der Waals surface area contributed by atoms with Gasteiger partial charge >= 0.3 is 0 Å². The monoisotopic (exact) mass is 1030 g/mol. The Hall–Kier alpha value is -6.33. The van der Waals surface area contributed by atoms with E-state index in [0.717, 1.165) is 72.3 Å². The predicted molar refractivity (Wildman–Crippen MR) is 260 cm³/mol. The molecule has 0 saturated carbocycles. The van der Waals surface area contributed by atoms with Gasteiger partial charge in [0.05, 0.1) is 16.7 Å². The van der Waals surface area contributed by atoms with Crippen molar-refractivity contribution < 1.29 is 30.4 Å². The molecule has 4 heterocycles. The van der Waals surface area contributed by atoms with Gasteiger partial charge in [0, 0.05) is 52.4 Å². The maximum absolute atomic E-state index is 6.84. The van der Waals surface area contributed by atoms with Crippen molar-refractivity contribution in [3.8, 4) is 50.9 Å². The Labute approximate surface area is 390 Å². The maximum Gasteiger partial charge on any atom is 0.268 e. The zero-order valence-corrected chi connectivity index (χ0v) is 40.4. The van der Waals surface area contributed by atoms with Gasteiger partial charge < -0.3 is 13.9 Å². The minimum atomic E-state index is -2.24. The molecule has 0 saturated heterocycles. The third-order valence-corrected chi connectivity index (χ3v) is 18.9. The van der Waals surface area contributed by atoms with E-state index in [4.69, 9.17) is 9.72 Å². The van der Waals surface area contributed by atoms with Gasteiger partial charge in [0.25, 0.3) is 6.33 Å². The molecular formula is C57H48N4OPtSi-2. The predicted octanol–water partition coefficient (Wildman–Crippen LogP) is 13.0. The molecule has 1 aliphatic heterocycles. The zero-order valence-electron chi connectivity index (χ0n) is 37.1. The Bertz CT molecular complexity index is 3360. The summed E-state index contributed by atoms with van der Waals surface area (Å²) in [5.41, 5.74) is 13.4. The van der Waals surface area contributed by atoms with Crippen molar-refractivity contribution >= 4 is 46.1 Å². The molecule has 0 unspecified atom stereocenters. The van der Waals surface area contributed by atoms with Crippen LogP contribution in [0.1, 0.15) is 45.7 Å². The Morgan fingerprint density at radius 2 is 1.28 bits per heavy atom. The number of rotatable bonds is 6. The topological polar surface area (TPSA) is 35.9 Å². The summed E-state index contributed by atoms with van der Waals surface area (Å²) in [7, 11) is -2.24. The number of hydrogen-bond acceptors (Lipinski definition) is 2. The molecule has 0 spiro atoms. The molecule has 7 heteroatoms. The summed E-state index contributed by atoms with van der Waals surface area (Å²) in [5.74, 6) is 2.09. The average molecular weight is 1030 g/mol. The molecule has 5 nitrogen and oxygen atoms in total. The molecule has 0 aliphatic carbocycles. The van der Waals surface area contributed by atoms with E-state index in [1.54, 1.807) is 0 Å². The fourth-order valence-electron chi connectivity index (χ4n) is 9.65. The first-order valence-corrected chi connectivity index (χ1v) is 24.8. The third-order valence-electron chi connectivity index (χ3n) is 13.8. The Kier molecular flexibility index (Phi) is 10.0. The second-order valence-electron chi connectivity index (χ2n) is 18.9. The maximum atomic E-state index is 6.84. The van der Waals surface area contributed by atoms with E-state index in [0.29, 0.717) is 11.5 Å². The molecule has 0 fully saturated rings. The van der Waals surface area contributed by atoms with E-state index in [9.17, 15) is 0 Å². The van der Waals surface area contributed by atoms with Crippen LogP contribution in [0.15, 0.2) is 164 Å². The van der Waals surface area contributed by atoms with Crippen molar-refractivity contribution in [2.24, 2.45) is 0 Å². The Morgan fingerprint density at radius 1 is 0.656 bits per heavy atom. The van der Waals surface area contributed by atoms with Gasteiger partial charge in [-0.25, -0.2) is 4.98 Å². The molecule has 0 N–H and O–H groups in total. The van der Waals surface area contributed by atoms with Crippen molar-refractivity contribution in [2.45, 2.75) is 58.2 Å². The first-order chi connectivity index (χ1) is 30.4. The second kappa shape index (κ2) is 15.4. The average Bonchev–Trinajstić information content (AvgIpc) is 3.83. The number of fused-ring (bicyclic) bond motifs is 5. The summed E-state index contributed by atoms with van der Waals surface area (Å²) in [6.45, 7) is 16.5. The summed E-state index contributed by atoms with van der Waals surface area (Å²) in [4.78, 5) is 4.89. The number of ether oxygens (including phenoxy) is 1. The number of aromatic nitrogens is 4. The number of benzene rings is 7. The van der Waals surface area contributed by atoms with Crippen LogP contribution in [0.5, 0.6) is 11.5 Å². The van der Waals surface area contributed by atoms with Crippen LogP contribution in [0.2, 0.25) is 13.1 Å². The van der Waals surface area contributed by atoms with Crippen molar-refractivity contribution in [1.82, 2.24) is 14.1 Å². The normalized spacial score (nSPS) is 14.0. The Morgan fingerprint density at radius 3 is 1.98 bits per heavy atom. The summed E-state index contributed by atoms with van der Waals surface area (Å²) >= 11 is 0. The van der Waals surface area contributed by atoms with E-state index in [1.165, 1.54) is 16.3 Å². The zero-order chi connectivity index (χ0) is 43.3. The molecule has 0 radical (unpaired) electrons. The van der Waals surface area contributed by atoms with Crippen molar-refractivity contribution in [1.29, 1.82) is 0 Å². The molecule has 3 aromatic heterocycles. The molecular weight excluding hydrogens is 980 g/mol. The van der Waals surface area contributed by atoms with Gasteiger partial charge in [-0.1, -0.05) is 168 Å². The van der Waals surface area contributed by atoms with Crippen LogP contribution in [-0.2, 0) is 31.5 Å². The SMILES string of the molecule is CC(C)(C)c1ccnc(-n2c3[c-]c(Oc4[c-]c5c(cc4)[Si](C)(C)C(C)(C)c4cccc6c4[n+]-5[c-]n6-c4c(-c5ccccc5)cccc4-c4ccccc4)ccc3c3ccccc32)c1.[Pt]. The number of imidazole rings is 1. The van der Waals surface area contributed by atoms with Gasteiger partial charge in [0.2, 0.25) is 0 Å². The van der Waals surface area contributed by atoms with Crippen LogP contribution in [0, 0.1) is 18.5 Å². The van der Waals surface area contributed by atoms with Gasteiger partial charge in [-0.3, -0.25) is 4.57 Å². The van der Waals surface area contributed by atoms with Gasteiger partial charge in [0.1, 0.15) is 5.82 Å². The van der Waals surface area contributed by atoms with Gasteiger partial charge in [0.15, 0.2) is 0 Å². The summed E-state index contributed by atoms with van der Waals surface area (Å²) in [6, 6.07) is 63.7. The molecule has 0 atom stereocenters. The van der Waals surface area contributed by atoms with Crippen LogP contribution >= 0.6 is 0 Å². The molecule has 0 bridgehead atoms. The second-order valence-corrected chi connectivity index (χ2v) is 23.9. The standard InChI is InChI=1S/C57H48N4OSi.Pt/c1-56(2,3)40-32-33-58-53(34-40)61-48-26-15-14-22-45(48)46-30-28-41(35-50(46)61)62-42-29-31-52-51(36-42)60-37-59(49-27-17-25-47(55(49)60)57(4,5)63(52,6)7)54-43(38-18-10-8-11-19-38)23-16-24-44(54)39-20-12-9-13-21-39;/h8-34H,1-7H3;/q-2;. The first-order valence-electron chi connectivity index (χ1n) is 21.8. The molecule has 64 heavy (non-hydrogen) atoms. The van der Waals surface area contributed by atoms with Crippen molar-refractivity contribution in [3.63, 3.8) is 0 Å². The smallest absolute Gasteiger partial charge is 0.268 e.